The van der Waals surface area contributed by atoms with Gasteiger partial charge in [0.05, 0.1) is 5.69 Å². The molecule has 1 heterocycles. The molecule has 3 rings (SSSR count). The third kappa shape index (κ3) is 1.87. The summed E-state index contributed by atoms with van der Waals surface area (Å²) >= 11 is 0. The van der Waals surface area contributed by atoms with Crippen molar-refractivity contribution in [1.29, 1.82) is 0 Å². The lowest BCUT2D eigenvalue weighted by Crippen LogP contribution is -2.25. The average molecular weight is 205 g/mol. The molecule has 0 atom stereocenters. The Kier molecular flexibility index (Phi) is 2.01. The highest BCUT2D eigenvalue weighted by molar-refractivity contribution is 5.31. The zero-order valence-electron chi connectivity index (χ0n) is 9.53. The largest absolute Gasteiger partial charge is 0.352 e. The quantitative estimate of drug-likeness (QED) is 0.817. The van der Waals surface area contributed by atoms with Crippen molar-refractivity contribution in [2.24, 2.45) is 18.9 Å². The van der Waals surface area contributed by atoms with Crippen LogP contribution in [0.5, 0.6) is 0 Å². The van der Waals surface area contributed by atoms with Crippen molar-refractivity contribution in [3.63, 3.8) is 0 Å². The molecular weight excluding hydrogens is 186 g/mol. The van der Waals surface area contributed by atoms with E-state index in [1.165, 1.54) is 25.7 Å². The molecule has 1 aromatic rings. The molecule has 3 heteroatoms. The van der Waals surface area contributed by atoms with Crippen LogP contribution in [-0.4, -0.2) is 15.6 Å². The molecule has 2 fully saturated rings. The monoisotopic (exact) mass is 205 g/mol. The molecule has 0 aliphatic heterocycles. The Labute approximate surface area is 90.9 Å². The van der Waals surface area contributed by atoms with Crippen LogP contribution in [0, 0.1) is 18.8 Å². The molecule has 0 aromatic carbocycles. The maximum absolute atomic E-state index is 4.52. The van der Waals surface area contributed by atoms with Crippen molar-refractivity contribution >= 4 is 5.95 Å². The van der Waals surface area contributed by atoms with Gasteiger partial charge in [0.15, 0.2) is 0 Å². The summed E-state index contributed by atoms with van der Waals surface area (Å²) in [4.78, 5) is 4.52. The van der Waals surface area contributed by atoms with Gasteiger partial charge in [-0.25, -0.2) is 4.98 Å². The zero-order chi connectivity index (χ0) is 10.4. The lowest BCUT2D eigenvalue weighted by atomic mass is 10.1. The Morgan fingerprint density at radius 2 is 1.93 bits per heavy atom. The Morgan fingerprint density at radius 1 is 1.33 bits per heavy atom. The number of anilines is 1. The highest BCUT2D eigenvalue weighted by Crippen LogP contribution is 2.45. The van der Waals surface area contributed by atoms with Crippen LogP contribution in [0.4, 0.5) is 5.95 Å². The minimum absolute atomic E-state index is 0.700. The number of nitrogens with one attached hydrogen (secondary N) is 1. The summed E-state index contributed by atoms with van der Waals surface area (Å²) in [7, 11) is 2.07. The normalized spacial score (nSPS) is 21.0. The predicted molar refractivity (Wildman–Crippen MR) is 60.8 cm³/mol. The summed E-state index contributed by atoms with van der Waals surface area (Å²) in [6.45, 7) is 2.05. The maximum Gasteiger partial charge on any atom is 0.203 e. The standard InChI is InChI=1S/C12H19N3/c1-8-7-15(2)12(13-8)14-11(9-3-4-9)10-5-6-10/h7,9-11H,3-6H2,1-2H3,(H,13,14). The molecule has 1 N–H and O–H groups in total. The van der Waals surface area contributed by atoms with Gasteiger partial charge in [-0.2, -0.15) is 0 Å². The summed E-state index contributed by atoms with van der Waals surface area (Å²) in [5, 5.41) is 3.64. The first-order valence-corrected chi connectivity index (χ1v) is 6.00. The van der Waals surface area contributed by atoms with Gasteiger partial charge in [-0.05, 0) is 44.4 Å². The van der Waals surface area contributed by atoms with Crippen LogP contribution in [0.25, 0.3) is 0 Å². The van der Waals surface area contributed by atoms with Gasteiger partial charge >= 0.3 is 0 Å². The second-order valence-corrected chi connectivity index (χ2v) is 5.16. The molecule has 0 unspecified atom stereocenters. The van der Waals surface area contributed by atoms with E-state index >= 15 is 0 Å². The Balaban J connectivity index is 1.74. The van der Waals surface area contributed by atoms with E-state index in [0.717, 1.165) is 23.5 Å². The van der Waals surface area contributed by atoms with Crippen molar-refractivity contribution in [2.75, 3.05) is 5.32 Å². The van der Waals surface area contributed by atoms with Crippen LogP contribution in [0.3, 0.4) is 0 Å². The summed E-state index contributed by atoms with van der Waals surface area (Å²) in [6, 6.07) is 0.700. The van der Waals surface area contributed by atoms with E-state index in [0.29, 0.717) is 6.04 Å². The van der Waals surface area contributed by atoms with Gasteiger partial charge in [0.1, 0.15) is 0 Å². The first kappa shape index (κ1) is 9.25. The van der Waals surface area contributed by atoms with E-state index in [-0.39, 0.29) is 0 Å². The molecule has 82 valence electrons. The summed E-state index contributed by atoms with van der Waals surface area (Å²) in [5.74, 6) is 2.90. The lowest BCUT2D eigenvalue weighted by Gasteiger charge is -2.18. The van der Waals surface area contributed by atoms with Crippen molar-refractivity contribution in [1.82, 2.24) is 9.55 Å². The molecule has 0 bridgehead atoms. The van der Waals surface area contributed by atoms with E-state index < -0.39 is 0 Å². The predicted octanol–water partition coefficient (Wildman–Crippen LogP) is 2.33. The second kappa shape index (κ2) is 3.26. The fraction of sp³-hybridized carbons (Fsp3) is 0.750. The molecule has 0 amide bonds. The molecular formula is C12H19N3. The minimum Gasteiger partial charge on any atom is -0.352 e. The lowest BCUT2D eigenvalue weighted by molar-refractivity contribution is 0.560. The van der Waals surface area contributed by atoms with Gasteiger partial charge in [0.2, 0.25) is 5.95 Å². The molecule has 0 saturated heterocycles. The average Bonchev–Trinajstić information content (AvgIpc) is 3.05. The molecule has 2 aliphatic carbocycles. The van der Waals surface area contributed by atoms with E-state index in [9.17, 15) is 0 Å². The third-order valence-electron chi connectivity index (χ3n) is 3.55. The van der Waals surface area contributed by atoms with Crippen LogP contribution in [-0.2, 0) is 7.05 Å². The number of imidazole rings is 1. The fourth-order valence-corrected chi connectivity index (χ4v) is 2.43. The molecule has 1 aromatic heterocycles. The van der Waals surface area contributed by atoms with Crippen LogP contribution in [0.2, 0.25) is 0 Å². The summed E-state index contributed by atoms with van der Waals surface area (Å²) in [6.07, 6.45) is 7.74. The first-order valence-electron chi connectivity index (χ1n) is 6.00. The van der Waals surface area contributed by atoms with Gasteiger partial charge in [-0.15, -0.1) is 0 Å². The summed E-state index contributed by atoms with van der Waals surface area (Å²) in [5.41, 5.74) is 1.10. The maximum atomic E-state index is 4.52. The Hall–Kier alpha value is -0.990. The summed E-state index contributed by atoms with van der Waals surface area (Å²) < 4.78 is 2.10. The van der Waals surface area contributed by atoms with E-state index in [4.69, 9.17) is 0 Å². The van der Waals surface area contributed by atoms with Crippen molar-refractivity contribution in [3.05, 3.63) is 11.9 Å². The molecule has 3 nitrogen and oxygen atoms in total. The number of rotatable bonds is 4. The molecule has 2 aliphatic rings. The molecule has 15 heavy (non-hydrogen) atoms. The van der Waals surface area contributed by atoms with Crippen LogP contribution in [0.1, 0.15) is 31.4 Å². The van der Waals surface area contributed by atoms with Crippen LogP contribution in [0.15, 0.2) is 6.20 Å². The van der Waals surface area contributed by atoms with Gasteiger partial charge in [-0.1, -0.05) is 0 Å². The first-order chi connectivity index (χ1) is 7.24. The zero-order valence-corrected chi connectivity index (χ0v) is 9.53. The number of aryl methyl sites for hydroxylation is 2. The molecule has 0 radical (unpaired) electrons. The second-order valence-electron chi connectivity index (χ2n) is 5.16. The number of hydrogen-bond donors (Lipinski definition) is 1. The van der Waals surface area contributed by atoms with Gasteiger partial charge in [0.25, 0.3) is 0 Å². The number of nitrogens with zero attached hydrogens (tertiary/aromatic N) is 2. The van der Waals surface area contributed by atoms with Gasteiger partial charge < -0.3 is 9.88 Å². The van der Waals surface area contributed by atoms with Gasteiger partial charge in [-0.3, -0.25) is 0 Å². The van der Waals surface area contributed by atoms with Gasteiger partial charge in [0, 0.05) is 19.3 Å². The fourth-order valence-electron chi connectivity index (χ4n) is 2.43. The number of aromatic nitrogens is 2. The van der Waals surface area contributed by atoms with E-state index in [1.54, 1.807) is 0 Å². The van der Waals surface area contributed by atoms with Crippen LogP contribution >= 0.6 is 0 Å². The van der Waals surface area contributed by atoms with Crippen molar-refractivity contribution in [3.8, 4) is 0 Å². The number of hydrogen-bond acceptors (Lipinski definition) is 2. The minimum atomic E-state index is 0.700. The third-order valence-corrected chi connectivity index (χ3v) is 3.55. The molecule has 2 saturated carbocycles. The topological polar surface area (TPSA) is 29.9 Å². The highest BCUT2D eigenvalue weighted by atomic mass is 15.2. The Bertz CT molecular complexity index is 349. The Morgan fingerprint density at radius 3 is 2.33 bits per heavy atom. The van der Waals surface area contributed by atoms with E-state index in [2.05, 4.69) is 35.0 Å². The van der Waals surface area contributed by atoms with E-state index in [1.807, 2.05) is 0 Å². The van der Waals surface area contributed by atoms with Crippen molar-refractivity contribution in [2.45, 2.75) is 38.6 Å². The smallest absolute Gasteiger partial charge is 0.203 e. The molecule has 0 spiro atoms. The highest BCUT2D eigenvalue weighted by Gasteiger charge is 2.41. The van der Waals surface area contributed by atoms with Crippen molar-refractivity contribution < 1.29 is 0 Å². The SMILES string of the molecule is Cc1cn(C)c(NC(C2CC2)C2CC2)n1. The van der Waals surface area contributed by atoms with Crippen LogP contribution < -0.4 is 5.32 Å².